The van der Waals surface area contributed by atoms with Crippen molar-refractivity contribution in [1.82, 2.24) is 0 Å². The quantitative estimate of drug-likeness (QED) is 0.141. The van der Waals surface area contributed by atoms with Gasteiger partial charge in [-0.25, -0.2) is 0 Å². The minimum atomic E-state index is -0.371. The molecule has 0 amide bonds. The van der Waals surface area contributed by atoms with E-state index in [1.54, 1.807) is 22.3 Å². The van der Waals surface area contributed by atoms with E-state index in [9.17, 15) is 0 Å². The van der Waals surface area contributed by atoms with Crippen molar-refractivity contribution in [3.8, 4) is 22.3 Å². The Bertz CT molecular complexity index is 1970. The molecular formula is C56H76Si. The first-order chi connectivity index (χ1) is 26.6. The maximum absolute atomic E-state index is 2.63. The summed E-state index contributed by atoms with van der Waals surface area (Å²) in [5, 5.41) is 0. The molecular weight excluding hydrogens is 701 g/mol. The predicted octanol–water partition coefficient (Wildman–Crippen LogP) is 15.8. The van der Waals surface area contributed by atoms with Gasteiger partial charge in [-0.05, 0) is 125 Å². The van der Waals surface area contributed by atoms with Crippen molar-refractivity contribution in [3.05, 3.63) is 127 Å². The fourth-order valence-electron chi connectivity index (χ4n) is 9.70. The molecule has 304 valence electrons. The molecule has 2 atom stereocenters. The van der Waals surface area contributed by atoms with Crippen LogP contribution >= 0.6 is 0 Å². The Labute approximate surface area is 351 Å². The van der Waals surface area contributed by atoms with Crippen LogP contribution in [0, 0.1) is 0 Å². The van der Waals surface area contributed by atoms with Gasteiger partial charge in [0.05, 0.1) is 0 Å². The van der Waals surface area contributed by atoms with Crippen molar-refractivity contribution in [3.63, 3.8) is 0 Å². The second-order valence-electron chi connectivity index (χ2n) is 21.7. The third kappa shape index (κ3) is 8.67. The molecule has 57 heavy (non-hydrogen) atoms. The molecule has 0 heterocycles. The van der Waals surface area contributed by atoms with Gasteiger partial charge in [-0.1, -0.05) is 207 Å². The molecule has 0 N–H and O–H groups in total. The summed E-state index contributed by atoms with van der Waals surface area (Å²) >= 11 is 0. The van der Waals surface area contributed by atoms with Crippen LogP contribution in [-0.2, 0) is 34.5 Å². The van der Waals surface area contributed by atoms with Crippen LogP contribution in [0.4, 0.5) is 0 Å². The Morgan fingerprint density at radius 1 is 0.421 bits per heavy atom. The van der Waals surface area contributed by atoms with Crippen molar-refractivity contribution >= 4 is 21.7 Å². The largest absolute Gasteiger partial charge is 0.0626 e. The van der Waals surface area contributed by atoms with Gasteiger partial charge in [0.1, 0.15) is 0 Å². The Hall–Kier alpha value is -3.42. The standard InChI is InChI=1S/C56H76Si/c1-17-35-21-23-45-47(51(35)39-25-41(53(5,6)7)31-42(26-39)54(8,9)10)29-37(19-3)49(45)33-57-34-50-38(20-4)30-48-46(50)24-22-36(18-2)52(48)40-27-43(55(11,12)13)32-44(28-40)56(14,15)16/h21-32,49-50H,17-20,33-34,57H2,1-16H3. The van der Waals surface area contributed by atoms with Crippen LogP contribution in [0.5, 0.6) is 0 Å². The number of aryl methyl sites for hydroxylation is 2. The van der Waals surface area contributed by atoms with Crippen LogP contribution in [0.2, 0.25) is 12.1 Å². The molecule has 0 saturated heterocycles. The molecule has 2 unspecified atom stereocenters. The highest BCUT2D eigenvalue weighted by molar-refractivity contribution is 6.36. The number of rotatable bonds is 10. The topological polar surface area (TPSA) is 0 Å². The van der Waals surface area contributed by atoms with Crippen LogP contribution in [-0.4, -0.2) is 9.52 Å². The van der Waals surface area contributed by atoms with E-state index in [4.69, 9.17) is 0 Å². The van der Waals surface area contributed by atoms with E-state index < -0.39 is 0 Å². The average Bonchev–Trinajstić information content (AvgIpc) is 3.69. The van der Waals surface area contributed by atoms with Gasteiger partial charge in [-0.15, -0.1) is 0 Å². The van der Waals surface area contributed by atoms with Crippen LogP contribution in [0.3, 0.4) is 0 Å². The molecule has 2 aliphatic carbocycles. The van der Waals surface area contributed by atoms with Gasteiger partial charge in [0.2, 0.25) is 0 Å². The molecule has 1 heteroatoms. The lowest BCUT2D eigenvalue weighted by Crippen LogP contribution is -2.16. The summed E-state index contributed by atoms with van der Waals surface area (Å²) in [6.07, 6.45) is 9.61. The molecule has 0 radical (unpaired) electrons. The van der Waals surface area contributed by atoms with E-state index in [1.165, 1.54) is 78.8 Å². The molecule has 0 nitrogen and oxygen atoms in total. The van der Waals surface area contributed by atoms with Gasteiger partial charge in [-0.2, -0.15) is 0 Å². The van der Waals surface area contributed by atoms with Crippen molar-refractivity contribution in [1.29, 1.82) is 0 Å². The first-order valence-corrected chi connectivity index (χ1v) is 24.7. The van der Waals surface area contributed by atoms with Crippen molar-refractivity contribution < 1.29 is 0 Å². The monoisotopic (exact) mass is 777 g/mol. The average molecular weight is 777 g/mol. The number of hydrogen-bond acceptors (Lipinski definition) is 0. The van der Waals surface area contributed by atoms with Gasteiger partial charge in [0, 0.05) is 21.4 Å². The van der Waals surface area contributed by atoms with Crippen LogP contribution in [0.1, 0.15) is 191 Å². The SMILES string of the molecule is CCC1=Cc2c(ccc(CC)c2-c2cc(C(C)(C)C)cc(C(C)(C)C)c2)C1C[SiH2]CC1C(CC)=Cc2c1ccc(CC)c2-c1cc(C(C)(C)C)cc(C(C)(C)C)c1. The third-order valence-electron chi connectivity index (χ3n) is 13.5. The Balaban J connectivity index is 1.36. The van der Waals surface area contributed by atoms with E-state index in [1.807, 2.05) is 0 Å². The number of allylic oxidation sites excluding steroid dienone is 2. The highest BCUT2D eigenvalue weighted by Gasteiger charge is 2.32. The lowest BCUT2D eigenvalue weighted by atomic mass is 9.77. The summed E-state index contributed by atoms with van der Waals surface area (Å²) < 4.78 is 0. The number of fused-ring (bicyclic) bond motifs is 2. The second kappa shape index (κ2) is 16.0. The Morgan fingerprint density at radius 2 is 0.737 bits per heavy atom. The highest BCUT2D eigenvalue weighted by Crippen LogP contribution is 2.50. The zero-order chi connectivity index (χ0) is 41.8. The molecule has 0 saturated carbocycles. The normalized spacial score (nSPS) is 17.3. The molecule has 0 aliphatic heterocycles. The van der Waals surface area contributed by atoms with Crippen molar-refractivity contribution in [2.75, 3.05) is 0 Å². The highest BCUT2D eigenvalue weighted by atomic mass is 28.2. The predicted molar refractivity (Wildman–Crippen MR) is 257 cm³/mol. The van der Waals surface area contributed by atoms with E-state index in [0.29, 0.717) is 11.8 Å². The van der Waals surface area contributed by atoms with Gasteiger partial charge in [0.15, 0.2) is 0 Å². The van der Waals surface area contributed by atoms with Crippen LogP contribution in [0.25, 0.3) is 34.4 Å². The lowest BCUT2D eigenvalue weighted by Gasteiger charge is -2.27. The van der Waals surface area contributed by atoms with Crippen molar-refractivity contribution in [2.24, 2.45) is 0 Å². The molecule has 4 aromatic rings. The summed E-state index contributed by atoms with van der Waals surface area (Å²) in [7, 11) is -0.371. The lowest BCUT2D eigenvalue weighted by molar-refractivity contribution is 0.568. The maximum Gasteiger partial charge on any atom is 0.0218 e. The van der Waals surface area contributed by atoms with Gasteiger partial charge < -0.3 is 0 Å². The third-order valence-corrected chi connectivity index (χ3v) is 15.5. The smallest absolute Gasteiger partial charge is 0.0218 e. The molecule has 0 fully saturated rings. The first-order valence-electron chi connectivity index (χ1n) is 22.7. The molecule has 0 spiro atoms. The van der Waals surface area contributed by atoms with E-state index in [-0.39, 0.29) is 31.2 Å². The number of benzene rings is 4. The first kappa shape index (κ1) is 43.2. The molecule has 0 aromatic heterocycles. The summed E-state index contributed by atoms with van der Waals surface area (Å²) in [6, 6.07) is 27.7. The maximum atomic E-state index is 2.63. The van der Waals surface area contributed by atoms with Crippen LogP contribution < -0.4 is 0 Å². The summed E-state index contributed by atoms with van der Waals surface area (Å²) in [4.78, 5) is 0. The fourth-order valence-corrected chi connectivity index (χ4v) is 12.1. The van der Waals surface area contributed by atoms with E-state index in [2.05, 4.69) is 184 Å². The van der Waals surface area contributed by atoms with Gasteiger partial charge >= 0.3 is 0 Å². The van der Waals surface area contributed by atoms with Gasteiger partial charge in [-0.3, -0.25) is 0 Å². The van der Waals surface area contributed by atoms with Crippen LogP contribution in [0.15, 0.2) is 71.8 Å². The number of hydrogen-bond donors (Lipinski definition) is 0. The molecule has 0 bridgehead atoms. The Kier molecular flexibility index (Phi) is 12.1. The zero-order valence-corrected chi connectivity index (χ0v) is 40.4. The second-order valence-corrected chi connectivity index (χ2v) is 23.6. The Morgan fingerprint density at radius 3 is 1.00 bits per heavy atom. The van der Waals surface area contributed by atoms with Gasteiger partial charge in [0.25, 0.3) is 0 Å². The minimum Gasteiger partial charge on any atom is -0.0626 e. The zero-order valence-electron chi connectivity index (χ0n) is 39.0. The fraction of sp³-hybridized carbons (Fsp3) is 0.500. The van der Waals surface area contributed by atoms with E-state index >= 15 is 0 Å². The molecule has 6 rings (SSSR count). The van der Waals surface area contributed by atoms with Crippen molar-refractivity contribution in [2.45, 2.75) is 182 Å². The minimum absolute atomic E-state index is 0.0915. The van der Waals surface area contributed by atoms with E-state index in [0.717, 1.165) is 25.7 Å². The summed E-state index contributed by atoms with van der Waals surface area (Å²) in [5.41, 5.74) is 24.4. The summed E-state index contributed by atoms with van der Waals surface area (Å²) in [5.74, 6) is 1.11. The molecule has 2 aliphatic rings. The molecule has 4 aromatic carbocycles. The summed E-state index contributed by atoms with van der Waals surface area (Å²) in [6.45, 7) is 37.8.